The molecule has 22 heavy (non-hydrogen) atoms. The van der Waals surface area contributed by atoms with Crippen LogP contribution in [0, 0.1) is 0 Å². The van der Waals surface area contributed by atoms with Gasteiger partial charge in [0.05, 0.1) is 21.3 Å². The van der Waals surface area contributed by atoms with Crippen molar-refractivity contribution in [2.45, 2.75) is 12.8 Å². The van der Waals surface area contributed by atoms with Crippen molar-refractivity contribution in [3.05, 3.63) is 50.1 Å². The predicted octanol–water partition coefficient (Wildman–Crippen LogP) is 3.89. The summed E-state index contributed by atoms with van der Waals surface area (Å²) in [5, 5.41) is 0. The molecule has 2 aromatic rings. The molecule has 0 saturated carbocycles. The predicted molar refractivity (Wildman–Crippen MR) is 89.8 cm³/mol. The first kappa shape index (κ1) is 15.2. The van der Waals surface area contributed by atoms with Crippen molar-refractivity contribution in [2.24, 2.45) is 0 Å². The molecule has 4 nitrogen and oxygen atoms in total. The van der Waals surface area contributed by atoms with E-state index in [9.17, 15) is 9.59 Å². The van der Waals surface area contributed by atoms with E-state index in [1.54, 1.807) is 17.0 Å². The zero-order chi connectivity index (χ0) is 15.7. The Labute approximate surface area is 140 Å². The van der Waals surface area contributed by atoms with Gasteiger partial charge in [-0.15, -0.1) is 11.3 Å². The molecule has 1 aromatic heterocycles. The van der Waals surface area contributed by atoms with Crippen molar-refractivity contribution < 1.29 is 14.3 Å². The lowest BCUT2D eigenvalue weighted by molar-refractivity contribution is 0.0599. The molecule has 1 aromatic carbocycles. The normalized spacial score (nSPS) is 13.6. The molecule has 0 N–H and O–H groups in total. The van der Waals surface area contributed by atoms with Crippen molar-refractivity contribution in [3.8, 4) is 0 Å². The van der Waals surface area contributed by atoms with E-state index in [1.165, 1.54) is 18.4 Å². The number of fused-ring (bicyclic) bond motifs is 1. The van der Waals surface area contributed by atoms with Crippen LogP contribution in [0.5, 0.6) is 0 Å². The Hall–Kier alpha value is -1.66. The van der Waals surface area contributed by atoms with E-state index < -0.39 is 0 Å². The van der Waals surface area contributed by atoms with Gasteiger partial charge in [-0.2, -0.15) is 0 Å². The van der Waals surface area contributed by atoms with Crippen LogP contribution in [0.3, 0.4) is 0 Å². The Morgan fingerprint density at radius 3 is 2.77 bits per heavy atom. The smallest absolute Gasteiger partial charge is 0.338 e. The monoisotopic (exact) mass is 379 g/mol. The van der Waals surface area contributed by atoms with Gasteiger partial charge >= 0.3 is 5.97 Å². The van der Waals surface area contributed by atoms with Crippen LogP contribution in [-0.4, -0.2) is 25.5 Å². The molecule has 0 atom stereocenters. The molecule has 0 spiro atoms. The van der Waals surface area contributed by atoms with E-state index in [0.717, 1.165) is 27.9 Å². The summed E-state index contributed by atoms with van der Waals surface area (Å²) in [4.78, 5) is 27.1. The lowest BCUT2D eigenvalue weighted by atomic mass is 9.96. The summed E-state index contributed by atoms with van der Waals surface area (Å²) in [6.07, 6.45) is 1.61. The highest BCUT2D eigenvalue weighted by Gasteiger charge is 2.27. The third-order valence-electron chi connectivity index (χ3n) is 3.69. The van der Waals surface area contributed by atoms with Gasteiger partial charge in [-0.25, -0.2) is 4.79 Å². The number of nitrogens with zero attached hydrogens (tertiary/aromatic N) is 1. The number of esters is 1. The number of halogens is 1. The molecule has 0 bridgehead atoms. The van der Waals surface area contributed by atoms with E-state index in [2.05, 4.69) is 15.9 Å². The summed E-state index contributed by atoms with van der Waals surface area (Å²) in [5.74, 6) is -0.385. The van der Waals surface area contributed by atoms with E-state index >= 15 is 0 Å². The minimum absolute atomic E-state index is 0.0290. The highest BCUT2D eigenvalue weighted by Crippen LogP contribution is 2.33. The number of benzene rings is 1. The number of rotatable bonds is 2. The summed E-state index contributed by atoms with van der Waals surface area (Å²) in [6, 6.07) is 9.12. The third-order valence-corrected chi connectivity index (χ3v) is 5.30. The Balaban J connectivity index is 2.01. The average Bonchev–Trinajstić information content (AvgIpc) is 2.98. The van der Waals surface area contributed by atoms with Crippen molar-refractivity contribution >= 4 is 44.8 Å². The summed E-state index contributed by atoms with van der Waals surface area (Å²) in [5.41, 5.74) is 2.25. The molecule has 114 valence electrons. The first-order valence-electron chi connectivity index (χ1n) is 6.89. The number of amides is 1. The number of hydrogen-bond acceptors (Lipinski definition) is 4. The van der Waals surface area contributed by atoms with Crippen LogP contribution in [0.1, 0.15) is 32.0 Å². The molecule has 0 unspecified atom stereocenters. The molecule has 0 aliphatic carbocycles. The van der Waals surface area contributed by atoms with Crippen LogP contribution in [0.15, 0.2) is 34.1 Å². The minimum Gasteiger partial charge on any atom is -0.465 e. The summed E-state index contributed by atoms with van der Waals surface area (Å²) in [6.45, 7) is 0.659. The fraction of sp³-hybridized carbons (Fsp3) is 0.250. The Kier molecular flexibility index (Phi) is 4.31. The fourth-order valence-corrected chi connectivity index (χ4v) is 4.03. The zero-order valence-corrected chi connectivity index (χ0v) is 14.4. The lowest BCUT2D eigenvalue weighted by Gasteiger charge is -2.30. The number of hydrogen-bond donors (Lipinski definition) is 0. The van der Waals surface area contributed by atoms with E-state index in [1.807, 2.05) is 18.2 Å². The highest BCUT2D eigenvalue weighted by molar-refractivity contribution is 9.11. The van der Waals surface area contributed by atoms with Crippen LogP contribution in [-0.2, 0) is 11.2 Å². The quantitative estimate of drug-likeness (QED) is 0.743. The summed E-state index contributed by atoms with van der Waals surface area (Å²) in [7, 11) is 1.37. The molecule has 0 radical (unpaired) electrons. The van der Waals surface area contributed by atoms with E-state index in [-0.39, 0.29) is 11.9 Å². The largest absolute Gasteiger partial charge is 0.465 e. The second kappa shape index (κ2) is 6.22. The van der Waals surface area contributed by atoms with Gasteiger partial charge in [0.2, 0.25) is 0 Å². The van der Waals surface area contributed by atoms with Gasteiger partial charge in [0, 0.05) is 12.2 Å². The number of carbonyl (C=O) groups is 2. The standard InChI is InChI=1S/C16H14BrNO3S/c1-21-16(20)11-4-2-6-12-10(11)5-3-9-18(12)15(19)13-7-8-14(17)22-13/h2,4,6-8H,3,5,9H2,1H3. The first-order valence-corrected chi connectivity index (χ1v) is 8.50. The van der Waals surface area contributed by atoms with Gasteiger partial charge in [0.15, 0.2) is 0 Å². The Bertz CT molecular complexity index is 741. The molecular weight excluding hydrogens is 366 g/mol. The van der Waals surface area contributed by atoms with Crippen molar-refractivity contribution in [1.82, 2.24) is 0 Å². The van der Waals surface area contributed by atoms with Gasteiger partial charge in [-0.05, 0) is 58.6 Å². The van der Waals surface area contributed by atoms with Crippen LogP contribution >= 0.6 is 27.3 Å². The van der Waals surface area contributed by atoms with Crippen LogP contribution < -0.4 is 4.90 Å². The molecule has 0 fully saturated rings. The molecule has 6 heteroatoms. The number of carbonyl (C=O) groups excluding carboxylic acids is 2. The van der Waals surface area contributed by atoms with Gasteiger partial charge in [-0.3, -0.25) is 4.79 Å². The SMILES string of the molecule is COC(=O)c1cccc2c1CCCN2C(=O)c1ccc(Br)s1. The molecule has 2 heterocycles. The third kappa shape index (κ3) is 2.68. The topological polar surface area (TPSA) is 46.6 Å². The lowest BCUT2D eigenvalue weighted by Crippen LogP contribution is -2.35. The van der Waals surface area contributed by atoms with Crippen LogP contribution in [0.4, 0.5) is 5.69 Å². The molecule has 1 amide bonds. The van der Waals surface area contributed by atoms with Crippen molar-refractivity contribution in [3.63, 3.8) is 0 Å². The van der Waals surface area contributed by atoms with Crippen molar-refractivity contribution in [1.29, 1.82) is 0 Å². The Morgan fingerprint density at radius 2 is 2.09 bits per heavy atom. The number of methoxy groups -OCH3 is 1. The molecular formula is C16H14BrNO3S. The van der Waals surface area contributed by atoms with E-state index in [0.29, 0.717) is 17.0 Å². The fourth-order valence-electron chi connectivity index (χ4n) is 2.70. The molecule has 0 saturated heterocycles. The Morgan fingerprint density at radius 1 is 1.27 bits per heavy atom. The summed E-state index contributed by atoms with van der Waals surface area (Å²) >= 11 is 4.80. The zero-order valence-electron chi connectivity index (χ0n) is 12.0. The van der Waals surface area contributed by atoms with Gasteiger partial charge < -0.3 is 9.64 Å². The van der Waals surface area contributed by atoms with Gasteiger partial charge in [-0.1, -0.05) is 6.07 Å². The maximum atomic E-state index is 12.7. The number of ether oxygens (including phenoxy) is 1. The van der Waals surface area contributed by atoms with E-state index in [4.69, 9.17) is 4.74 Å². The number of anilines is 1. The molecule has 1 aliphatic rings. The second-order valence-electron chi connectivity index (χ2n) is 4.96. The molecule has 1 aliphatic heterocycles. The second-order valence-corrected chi connectivity index (χ2v) is 7.42. The minimum atomic E-state index is -0.356. The highest BCUT2D eigenvalue weighted by atomic mass is 79.9. The number of thiophene rings is 1. The summed E-state index contributed by atoms with van der Waals surface area (Å²) < 4.78 is 5.77. The first-order chi connectivity index (χ1) is 10.6. The van der Waals surface area contributed by atoms with Gasteiger partial charge in [0.1, 0.15) is 0 Å². The average molecular weight is 380 g/mol. The van der Waals surface area contributed by atoms with Crippen molar-refractivity contribution in [2.75, 3.05) is 18.6 Å². The molecule has 3 rings (SSSR count). The van der Waals surface area contributed by atoms with Crippen LogP contribution in [0.25, 0.3) is 0 Å². The maximum Gasteiger partial charge on any atom is 0.338 e. The maximum absolute atomic E-state index is 12.7. The van der Waals surface area contributed by atoms with Gasteiger partial charge in [0.25, 0.3) is 5.91 Å². The van der Waals surface area contributed by atoms with Crippen LogP contribution in [0.2, 0.25) is 0 Å².